The number of halogens is 2. The van der Waals surface area contributed by atoms with E-state index in [9.17, 15) is 4.39 Å². The Morgan fingerprint density at radius 2 is 1.83 bits per heavy atom. The molecule has 1 aromatic carbocycles. The summed E-state index contributed by atoms with van der Waals surface area (Å²) in [7, 11) is 0. The summed E-state index contributed by atoms with van der Waals surface area (Å²) in [6, 6.07) is 8.35. The van der Waals surface area contributed by atoms with E-state index in [0.717, 1.165) is 68.5 Å². The van der Waals surface area contributed by atoms with Crippen LogP contribution in [0.1, 0.15) is 6.42 Å². The van der Waals surface area contributed by atoms with E-state index < -0.39 is 0 Å². The fourth-order valence-electron chi connectivity index (χ4n) is 3.50. The lowest BCUT2D eigenvalue weighted by atomic mass is 10.1. The molecule has 160 valence electrons. The zero-order chi connectivity index (χ0) is 20.1. The van der Waals surface area contributed by atoms with E-state index in [1.165, 1.54) is 23.9 Å². The number of aromatic nitrogens is 4. The number of thioether (sulfide) groups is 1. The van der Waals surface area contributed by atoms with Crippen LogP contribution in [0.25, 0.3) is 22.6 Å². The van der Waals surface area contributed by atoms with E-state index in [1.807, 2.05) is 18.6 Å². The first-order valence-electron chi connectivity index (χ1n) is 9.73. The van der Waals surface area contributed by atoms with E-state index in [-0.39, 0.29) is 18.2 Å². The maximum absolute atomic E-state index is 13.4. The van der Waals surface area contributed by atoms with Gasteiger partial charge in [-0.1, -0.05) is 11.8 Å². The van der Waals surface area contributed by atoms with Crippen LogP contribution >= 0.6 is 24.2 Å². The Kier molecular flexibility index (Phi) is 8.21. The van der Waals surface area contributed by atoms with Crippen molar-refractivity contribution in [2.24, 2.45) is 0 Å². The molecule has 0 amide bonds. The van der Waals surface area contributed by atoms with Gasteiger partial charge in [-0.3, -0.25) is 4.90 Å². The Morgan fingerprint density at radius 1 is 1.07 bits per heavy atom. The molecule has 3 heterocycles. The van der Waals surface area contributed by atoms with Crippen LogP contribution in [0.5, 0.6) is 0 Å². The minimum absolute atomic E-state index is 0. The van der Waals surface area contributed by atoms with Crippen molar-refractivity contribution in [1.82, 2.24) is 24.4 Å². The summed E-state index contributed by atoms with van der Waals surface area (Å²) >= 11 is 1.51. The molecule has 0 saturated carbocycles. The molecule has 0 spiro atoms. The lowest BCUT2D eigenvalue weighted by Gasteiger charge is -2.26. The molecule has 4 rings (SSSR count). The standard InChI is InChI=1S/C21H24FN5OS.ClH/c1-29-21-23-8-7-18(25-21)20-19(16-3-5-17(22)6-4-16)24-15-27(20)10-2-9-26-11-13-28-14-12-26;/h3-8,15H,2,9-14H2,1H3;1H. The topological polar surface area (TPSA) is 56.1 Å². The predicted molar refractivity (Wildman–Crippen MR) is 120 cm³/mol. The Bertz CT molecular complexity index is 947. The van der Waals surface area contributed by atoms with Crippen molar-refractivity contribution < 1.29 is 9.13 Å². The number of imidazole rings is 1. The third-order valence-corrected chi connectivity index (χ3v) is 5.55. The monoisotopic (exact) mass is 449 g/mol. The molecule has 0 radical (unpaired) electrons. The van der Waals surface area contributed by atoms with Crippen molar-refractivity contribution in [3.63, 3.8) is 0 Å². The van der Waals surface area contributed by atoms with Gasteiger partial charge in [-0.05, 0) is 43.0 Å². The molecule has 0 unspecified atom stereocenters. The Balaban J connectivity index is 0.00000256. The highest BCUT2D eigenvalue weighted by molar-refractivity contribution is 7.98. The maximum atomic E-state index is 13.4. The SMILES string of the molecule is CSc1nccc(-c2c(-c3ccc(F)cc3)ncn2CCCN2CCOCC2)n1.Cl. The minimum Gasteiger partial charge on any atom is -0.379 e. The highest BCUT2D eigenvalue weighted by atomic mass is 35.5. The molecule has 0 aliphatic carbocycles. The quantitative estimate of drug-likeness (QED) is 0.401. The second-order valence-electron chi connectivity index (χ2n) is 6.88. The molecular formula is C21H25ClFN5OS. The van der Waals surface area contributed by atoms with Crippen molar-refractivity contribution in [1.29, 1.82) is 0 Å². The van der Waals surface area contributed by atoms with Gasteiger partial charge in [-0.2, -0.15) is 0 Å². The van der Waals surface area contributed by atoms with Crippen LogP contribution in [0.15, 0.2) is 48.0 Å². The average Bonchev–Trinajstić information content (AvgIpc) is 3.19. The largest absolute Gasteiger partial charge is 0.379 e. The van der Waals surface area contributed by atoms with Crippen molar-refractivity contribution in [3.05, 3.63) is 48.7 Å². The number of aryl methyl sites for hydroxylation is 1. The van der Waals surface area contributed by atoms with Crippen LogP contribution in [-0.4, -0.2) is 63.5 Å². The molecule has 1 fully saturated rings. The summed E-state index contributed by atoms with van der Waals surface area (Å²) in [6.07, 6.45) is 6.59. The van der Waals surface area contributed by atoms with E-state index in [1.54, 1.807) is 18.3 Å². The molecule has 6 nitrogen and oxygen atoms in total. The molecule has 1 aliphatic heterocycles. The van der Waals surface area contributed by atoms with E-state index in [2.05, 4.69) is 24.4 Å². The minimum atomic E-state index is -0.257. The molecule has 3 aromatic rings. The maximum Gasteiger partial charge on any atom is 0.187 e. The van der Waals surface area contributed by atoms with Crippen LogP contribution in [-0.2, 0) is 11.3 Å². The Hall–Kier alpha value is -2.00. The predicted octanol–water partition coefficient (Wildman–Crippen LogP) is 4.01. The molecule has 0 N–H and O–H groups in total. The van der Waals surface area contributed by atoms with Crippen LogP contribution in [0.4, 0.5) is 4.39 Å². The van der Waals surface area contributed by atoms with Gasteiger partial charge in [0.05, 0.1) is 36.6 Å². The van der Waals surface area contributed by atoms with Gasteiger partial charge in [-0.15, -0.1) is 12.4 Å². The van der Waals surface area contributed by atoms with E-state index >= 15 is 0 Å². The third-order valence-electron chi connectivity index (χ3n) is 4.99. The molecule has 0 atom stereocenters. The van der Waals surface area contributed by atoms with Gasteiger partial charge in [0.2, 0.25) is 0 Å². The smallest absolute Gasteiger partial charge is 0.187 e. The first kappa shape index (κ1) is 22.7. The lowest BCUT2D eigenvalue weighted by Crippen LogP contribution is -2.37. The van der Waals surface area contributed by atoms with Gasteiger partial charge >= 0.3 is 0 Å². The van der Waals surface area contributed by atoms with Crippen LogP contribution in [0, 0.1) is 5.82 Å². The summed E-state index contributed by atoms with van der Waals surface area (Å²) in [4.78, 5) is 16.1. The fraction of sp³-hybridized carbons (Fsp3) is 0.381. The molecule has 0 bridgehead atoms. The van der Waals surface area contributed by atoms with Gasteiger partial charge in [0.25, 0.3) is 0 Å². The molecule has 2 aromatic heterocycles. The second-order valence-corrected chi connectivity index (χ2v) is 7.65. The number of hydrogen-bond donors (Lipinski definition) is 0. The first-order chi connectivity index (χ1) is 14.2. The van der Waals surface area contributed by atoms with Gasteiger partial charge in [0.15, 0.2) is 5.16 Å². The molecule has 1 aliphatic rings. The first-order valence-corrected chi connectivity index (χ1v) is 11.0. The highest BCUT2D eigenvalue weighted by Gasteiger charge is 2.17. The summed E-state index contributed by atoms with van der Waals surface area (Å²) < 4.78 is 21.0. The number of benzene rings is 1. The normalized spacial score (nSPS) is 14.5. The van der Waals surface area contributed by atoms with Gasteiger partial charge < -0.3 is 9.30 Å². The van der Waals surface area contributed by atoms with Gasteiger partial charge in [0, 0.05) is 37.9 Å². The average molecular weight is 450 g/mol. The summed E-state index contributed by atoms with van der Waals surface area (Å²) in [5.74, 6) is -0.257. The second kappa shape index (κ2) is 10.9. The molecule has 1 saturated heterocycles. The fourth-order valence-corrected chi connectivity index (χ4v) is 3.86. The zero-order valence-electron chi connectivity index (χ0n) is 16.8. The number of rotatable bonds is 7. The summed E-state index contributed by atoms with van der Waals surface area (Å²) in [5.41, 5.74) is 3.45. The molecule has 30 heavy (non-hydrogen) atoms. The molecule has 9 heteroatoms. The van der Waals surface area contributed by atoms with Crippen LogP contribution in [0.3, 0.4) is 0 Å². The van der Waals surface area contributed by atoms with Gasteiger partial charge in [0.1, 0.15) is 5.82 Å². The van der Waals surface area contributed by atoms with Crippen LogP contribution in [0.2, 0.25) is 0 Å². The lowest BCUT2D eigenvalue weighted by molar-refractivity contribution is 0.0369. The summed E-state index contributed by atoms with van der Waals surface area (Å²) in [6.45, 7) is 5.44. The molecular weight excluding hydrogens is 425 g/mol. The third kappa shape index (κ3) is 5.37. The van der Waals surface area contributed by atoms with Crippen molar-refractivity contribution in [2.75, 3.05) is 39.1 Å². The van der Waals surface area contributed by atoms with Gasteiger partial charge in [-0.25, -0.2) is 19.3 Å². The highest BCUT2D eigenvalue weighted by Crippen LogP contribution is 2.31. The number of ether oxygens (including phenoxy) is 1. The van der Waals surface area contributed by atoms with Crippen molar-refractivity contribution >= 4 is 24.2 Å². The van der Waals surface area contributed by atoms with E-state index in [0.29, 0.717) is 5.16 Å². The van der Waals surface area contributed by atoms with E-state index in [4.69, 9.17) is 4.74 Å². The Morgan fingerprint density at radius 3 is 2.57 bits per heavy atom. The van der Waals surface area contributed by atoms with Crippen LogP contribution < -0.4 is 0 Å². The van der Waals surface area contributed by atoms with Crippen molar-refractivity contribution in [3.8, 4) is 22.6 Å². The Labute approximate surface area is 186 Å². The van der Waals surface area contributed by atoms with Crippen molar-refractivity contribution in [2.45, 2.75) is 18.1 Å². The zero-order valence-corrected chi connectivity index (χ0v) is 18.5. The summed E-state index contributed by atoms with van der Waals surface area (Å²) in [5, 5.41) is 0.716. The number of morpholine rings is 1. The number of nitrogens with zero attached hydrogens (tertiary/aromatic N) is 5. The number of hydrogen-bond acceptors (Lipinski definition) is 6.